The third-order valence-electron chi connectivity index (χ3n) is 4.91. The number of rotatable bonds is 4. The summed E-state index contributed by atoms with van der Waals surface area (Å²) in [5, 5.41) is 0.410. The van der Waals surface area contributed by atoms with E-state index < -0.39 is 17.8 Å². The molecule has 0 unspecified atom stereocenters. The second kappa shape index (κ2) is 8.61. The molecule has 0 spiro atoms. The van der Waals surface area contributed by atoms with Crippen LogP contribution in [-0.2, 0) is 9.53 Å². The van der Waals surface area contributed by atoms with Gasteiger partial charge in [-0.05, 0) is 37.6 Å². The summed E-state index contributed by atoms with van der Waals surface area (Å²) >= 11 is 7.59. The lowest BCUT2D eigenvalue weighted by molar-refractivity contribution is -0.139. The molecule has 158 valence electrons. The second-order valence-corrected chi connectivity index (χ2v) is 8.26. The zero-order valence-corrected chi connectivity index (χ0v) is 18.3. The lowest BCUT2D eigenvalue weighted by atomic mass is 9.96. The number of thiazole rings is 1. The Balaban J connectivity index is 2.00. The summed E-state index contributed by atoms with van der Waals surface area (Å²) in [5.74, 6) is -0.989. The smallest absolute Gasteiger partial charge is 0.338 e. The zero-order chi connectivity index (χ0) is 22.1. The average molecular weight is 457 g/mol. The fourth-order valence-corrected chi connectivity index (χ4v) is 4.79. The van der Waals surface area contributed by atoms with E-state index in [0.29, 0.717) is 31.2 Å². The quantitative estimate of drug-likeness (QED) is 0.564. The summed E-state index contributed by atoms with van der Waals surface area (Å²) in [7, 11) is 0. The molecule has 2 heterocycles. The van der Waals surface area contributed by atoms with Crippen molar-refractivity contribution < 1.29 is 13.9 Å². The maximum absolute atomic E-state index is 14.2. The van der Waals surface area contributed by atoms with Crippen LogP contribution in [0.2, 0.25) is 5.02 Å². The van der Waals surface area contributed by atoms with Crippen LogP contribution in [0.15, 0.2) is 69.6 Å². The number of ether oxygens (including phenoxy) is 1. The van der Waals surface area contributed by atoms with E-state index in [1.165, 1.54) is 16.7 Å². The third-order valence-corrected chi connectivity index (χ3v) is 6.24. The predicted molar refractivity (Wildman–Crippen MR) is 118 cm³/mol. The Bertz CT molecular complexity index is 1390. The molecule has 0 saturated heterocycles. The van der Waals surface area contributed by atoms with E-state index in [4.69, 9.17) is 16.3 Å². The fourth-order valence-electron chi connectivity index (χ4n) is 3.52. The molecule has 2 aromatic carbocycles. The van der Waals surface area contributed by atoms with Crippen molar-refractivity contribution in [2.45, 2.75) is 19.9 Å². The van der Waals surface area contributed by atoms with Crippen LogP contribution in [0, 0.1) is 5.82 Å². The van der Waals surface area contributed by atoms with Gasteiger partial charge in [-0.25, -0.2) is 14.2 Å². The van der Waals surface area contributed by atoms with E-state index in [1.54, 1.807) is 56.3 Å². The van der Waals surface area contributed by atoms with Crippen LogP contribution < -0.4 is 14.9 Å². The van der Waals surface area contributed by atoms with Gasteiger partial charge in [0.25, 0.3) is 5.56 Å². The molecule has 1 aliphatic heterocycles. The molecular formula is C23H18ClFN2O3S. The normalized spacial score (nSPS) is 16.1. The Morgan fingerprint density at radius 1 is 1.26 bits per heavy atom. The minimum absolute atomic E-state index is 0.183. The first-order valence-electron chi connectivity index (χ1n) is 9.61. The maximum Gasteiger partial charge on any atom is 0.338 e. The minimum atomic E-state index is -0.799. The highest BCUT2D eigenvalue weighted by Crippen LogP contribution is 2.34. The van der Waals surface area contributed by atoms with Gasteiger partial charge in [0.15, 0.2) is 4.80 Å². The number of halogens is 2. The highest BCUT2D eigenvalue weighted by Gasteiger charge is 2.34. The first-order chi connectivity index (χ1) is 14.9. The van der Waals surface area contributed by atoms with Gasteiger partial charge < -0.3 is 4.74 Å². The van der Waals surface area contributed by atoms with Gasteiger partial charge in [-0.2, -0.15) is 0 Å². The first kappa shape index (κ1) is 21.2. The van der Waals surface area contributed by atoms with Crippen molar-refractivity contribution in [1.29, 1.82) is 0 Å². The molecule has 0 fully saturated rings. The molecule has 1 aromatic heterocycles. The standard InChI is InChI=1S/C23H18ClFN2O3S/c1-3-30-22(29)19-13(2)26-23-27(20(19)15-9-5-6-10-16(15)24)21(28)18(31-23)12-14-8-4-7-11-17(14)25/h4-12,20H,3H2,1-2H3/b18-12+/t20-/m1/s1. The van der Waals surface area contributed by atoms with Crippen LogP contribution in [0.25, 0.3) is 6.08 Å². The number of nitrogens with zero attached hydrogens (tertiary/aromatic N) is 2. The molecular weight excluding hydrogens is 439 g/mol. The number of esters is 1. The van der Waals surface area contributed by atoms with E-state index in [0.717, 1.165) is 11.3 Å². The topological polar surface area (TPSA) is 60.7 Å². The molecule has 1 aliphatic rings. The summed E-state index contributed by atoms with van der Waals surface area (Å²) in [6.07, 6.45) is 1.49. The second-order valence-electron chi connectivity index (χ2n) is 6.85. The van der Waals surface area contributed by atoms with Crippen LogP contribution in [0.3, 0.4) is 0 Å². The molecule has 1 atom stereocenters. The third kappa shape index (κ3) is 3.86. The first-order valence-corrected chi connectivity index (χ1v) is 10.8. The summed E-state index contributed by atoms with van der Waals surface area (Å²) in [6.45, 7) is 3.59. The molecule has 8 heteroatoms. The molecule has 0 aliphatic carbocycles. The maximum atomic E-state index is 14.2. The van der Waals surface area contributed by atoms with Gasteiger partial charge >= 0.3 is 5.97 Å². The van der Waals surface area contributed by atoms with E-state index in [1.807, 2.05) is 0 Å². The van der Waals surface area contributed by atoms with Crippen molar-refractivity contribution >= 4 is 35.0 Å². The number of fused-ring (bicyclic) bond motifs is 1. The van der Waals surface area contributed by atoms with E-state index >= 15 is 0 Å². The number of benzene rings is 2. The predicted octanol–water partition coefficient (Wildman–Crippen LogP) is 3.59. The molecule has 3 aromatic rings. The van der Waals surface area contributed by atoms with Crippen LogP contribution in [0.4, 0.5) is 4.39 Å². The molecule has 0 N–H and O–H groups in total. The van der Waals surface area contributed by atoms with E-state index in [2.05, 4.69) is 4.99 Å². The van der Waals surface area contributed by atoms with Gasteiger partial charge in [0.1, 0.15) is 11.9 Å². The van der Waals surface area contributed by atoms with Crippen molar-refractivity contribution in [3.63, 3.8) is 0 Å². The summed E-state index contributed by atoms with van der Waals surface area (Å²) in [4.78, 5) is 31.1. The lowest BCUT2D eigenvalue weighted by Crippen LogP contribution is -2.40. The largest absolute Gasteiger partial charge is 0.463 e. The van der Waals surface area contributed by atoms with Gasteiger partial charge in [0.05, 0.1) is 22.4 Å². The molecule has 0 radical (unpaired) electrons. The van der Waals surface area contributed by atoms with Crippen molar-refractivity contribution in [2.75, 3.05) is 6.61 Å². The van der Waals surface area contributed by atoms with Crippen LogP contribution in [-0.4, -0.2) is 17.1 Å². The average Bonchev–Trinajstić information content (AvgIpc) is 3.04. The highest BCUT2D eigenvalue weighted by molar-refractivity contribution is 7.07. The molecule has 31 heavy (non-hydrogen) atoms. The number of hydrogen-bond acceptors (Lipinski definition) is 5. The number of aromatic nitrogens is 1. The Hall–Kier alpha value is -3.03. The molecule has 4 rings (SSSR count). The van der Waals surface area contributed by atoms with Crippen molar-refractivity contribution in [3.05, 3.63) is 101 Å². The van der Waals surface area contributed by atoms with Crippen molar-refractivity contribution in [1.82, 2.24) is 4.57 Å². The fraction of sp³-hybridized carbons (Fsp3) is 0.174. The van der Waals surface area contributed by atoms with Crippen LogP contribution >= 0.6 is 22.9 Å². The highest BCUT2D eigenvalue weighted by atomic mass is 35.5. The zero-order valence-electron chi connectivity index (χ0n) is 16.8. The molecule has 0 bridgehead atoms. The van der Waals surface area contributed by atoms with E-state index in [-0.39, 0.29) is 17.7 Å². The Kier molecular flexibility index (Phi) is 5.89. The van der Waals surface area contributed by atoms with Crippen molar-refractivity contribution in [3.8, 4) is 0 Å². The van der Waals surface area contributed by atoms with Gasteiger partial charge in [0, 0.05) is 10.6 Å². The van der Waals surface area contributed by atoms with Gasteiger partial charge in [-0.1, -0.05) is 59.3 Å². The summed E-state index contributed by atoms with van der Waals surface area (Å²) in [5.41, 5.74) is 1.19. The number of carbonyl (C=O) groups excluding carboxylic acids is 1. The van der Waals surface area contributed by atoms with Crippen LogP contribution in [0.5, 0.6) is 0 Å². The molecule has 5 nitrogen and oxygen atoms in total. The Labute approximate surface area is 186 Å². The Morgan fingerprint density at radius 3 is 2.68 bits per heavy atom. The number of allylic oxidation sites excluding steroid dienone is 1. The number of hydrogen-bond donors (Lipinski definition) is 0. The number of carbonyl (C=O) groups is 1. The van der Waals surface area contributed by atoms with Crippen LogP contribution in [0.1, 0.15) is 31.0 Å². The SMILES string of the molecule is CCOC(=O)C1=C(C)N=c2s/c(=C/c3ccccc3F)c(=O)n2[C@@H]1c1ccccc1Cl. The summed E-state index contributed by atoms with van der Waals surface area (Å²) < 4.78 is 21.1. The van der Waals surface area contributed by atoms with Gasteiger partial charge in [-0.3, -0.25) is 9.36 Å². The molecule has 0 saturated carbocycles. The summed E-state index contributed by atoms with van der Waals surface area (Å²) in [6, 6.07) is 12.4. The van der Waals surface area contributed by atoms with E-state index in [9.17, 15) is 14.0 Å². The monoisotopic (exact) mass is 456 g/mol. The lowest BCUT2D eigenvalue weighted by Gasteiger charge is -2.25. The Morgan fingerprint density at radius 2 is 1.97 bits per heavy atom. The van der Waals surface area contributed by atoms with Gasteiger partial charge in [-0.15, -0.1) is 0 Å². The minimum Gasteiger partial charge on any atom is -0.463 e. The van der Waals surface area contributed by atoms with Crippen molar-refractivity contribution in [2.24, 2.45) is 4.99 Å². The molecule has 0 amide bonds. The van der Waals surface area contributed by atoms with Gasteiger partial charge in [0.2, 0.25) is 0 Å².